The van der Waals surface area contributed by atoms with Crippen molar-refractivity contribution in [3.05, 3.63) is 59.9 Å². The van der Waals surface area contributed by atoms with E-state index in [2.05, 4.69) is 27.2 Å². The molecule has 88 valence electrons. The topological polar surface area (TPSA) is 59.1 Å². The molecule has 1 N–H and O–H groups in total. The zero-order valence-corrected chi connectivity index (χ0v) is 11.2. The van der Waals surface area contributed by atoms with Gasteiger partial charge in [0.25, 0.3) is 0 Å². The van der Waals surface area contributed by atoms with Crippen molar-refractivity contribution in [2.45, 2.75) is 0 Å². The molecule has 4 nitrogen and oxygen atoms in total. The Bertz CT molecular complexity index is 585. The van der Waals surface area contributed by atoms with E-state index in [1.807, 2.05) is 6.07 Å². The van der Waals surface area contributed by atoms with Crippen molar-refractivity contribution in [3.8, 4) is 0 Å². The summed E-state index contributed by atoms with van der Waals surface area (Å²) in [5, 5.41) is 2.29. The Kier molecular flexibility index (Phi) is 3.90. The molecule has 18 heavy (non-hydrogen) atoms. The standard InChI is InChI=1S/C13H9AsN2O2/c14-10-5-3-4-9(8-10)12(17)16-13(18)11-6-1-2-7-15-11/h1-8H,(H,16,17,18). The summed E-state index contributed by atoms with van der Waals surface area (Å²) in [6, 6.07) is 11.9. The fourth-order valence-corrected chi connectivity index (χ4v) is 1.86. The van der Waals surface area contributed by atoms with Crippen LogP contribution in [-0.2, 0) is 0 Å². The van der Waals surface area contributed by atoms with Gasteiger partial charge in [0, 0.05) is 0 Å². The van der Waals surface area contributed by atoms with Gasteiger partial charge >= 0.3 is 113 Å². The van der Waals surface area contributed by atoms with Crippen LogP contribution in [0.15, 0.2) is 48.7 Å². The van der Waals surface area contributed by atoms with Crippen LogP contribution >= 0.6 is 0 Å². The first kappa shape index (κ1) is 12.5. The third-order valence-electron chi connectivity index (χ3n) is 2.23. The number of imide groups is 1. The van der Waals surface area contributed by atoms with Crippen molar-refractivity contribution in [1.82, 2.24) is 10.3 Å². The fraction of sp³-hybridized carbons (Fsp3) is 0. The van der Waals surface area contributed by atoms with Gasteiger partial charge in [0.15, 0.2) is 0 Å². The van der Waals surface area contributed by atoms with E-state index < -0.39 is 11.8 Å². The van der Waals surface area contributed by atoms with E-state index in [0.717, 1.165) is 4.35 Å². The molecular weight excluding hydrogens is 291 g/mol. The van der Waals surface area contributed by atoms with Crippen LogP contribution in [0.25, 0.3) is 0 Å². The van der Waals surface area contributed by atoms with E-state index in [9.17, 15) is 9.59 Å². The minimum absolute atomic E-state index is 0.217. The van der Waals surface area contributed by atoms with Crippen molar-refractivity contribution >= 4 is 33.0 Å². The first-order valence-corrected chi connectivity index (χ1v) is 6.16. The van der Waals surface area contributed by atoms with Crippen molar-refractivity contribution in [2.24, 2.45) is 0 Å². The van der Waals surface area contributed by atoms with E-state index in [4.69, 9.17) is 0 Å². The number of hydrogen-bond acceptors (Lipinski definition) is 3. The number of aromatic nitrogens is 1. The summed E-state index contributed by atoms with van der Waals surface area (Å²) in [5.41, 5.74) is 0.659. The summed E-state index contributed by atoms with van der Waals surface area (Å²) in [4.78, 5) is 27.4. The first-order valence-electron chi connectivity index (χ1n) is 5.22. The summed E-state index contributed by atoms with van der Waals surface area (Å²) in [7, 11) is 0. The van der Waals surface area contributed by atoms with Gasteiger partial charge in [-0.1, -0.05) is 0 Å². The van der Waals surface area contributed by atoms with Crippen molar-refractivity contribution in [1.29, 1.82) is 0 Å². The fourth-order valence-electron chi connectivity index (χ4n) is 1.38. The first-order chi connectivity index (χ1) is 8.66. The Balaban J connectivity index is 2.11. The molecule has 0 spiro atoms. The average molecular weight is 300 g/mol. The number of nitrogens with one attached hydrogen (secondary N) is 1. The normalized spacial score (nSPS) is 9.83. The zero-order chi connectivity index (χ0) is 13.0. The van der Waals surface area contributed by atoms with Crippen molar-refractivity contribution in [3.63, 3.8) is 0 Å². The molecule has 0 bridgehead atoms. The molecule has 0 aliphatic carbocycles. The van der Waals surface area contributed by atoms with Crippen LogP contribution in [0, 0.1) is 0 Å². The Hall–Kier alpha value is -1.93. The van der Waals surface area contributed by atoms with Crippen LogP contribution in [0.1, 0.15) is 20.8 Å². The molecule has 0 saturated heterocycles. The third kappa shape index (κ3) is 3.05. The second-order valence-corrected chi connectivity index (χ2v) is 4.63. The second-order valence-electron chi connectivity index (χ2n) is 3.55. The van der Waals surface area contributed by atoms with E-state index >= 15 is 0 Å². The van der Waals surface area contributed by atoms with Crippen LogP contribution in [0.3, 0.4) is 0 Å². The molecule has 0 aliphatic heterocycles. The number of pyridine rings is 1. The number of benzene rings is 1. The van der Waals surface area contributed by atoms with Gasteiger partial charge in [0.05, 0.1) is 0 Å². The summed E-state index contributed by atoms with van der Waals surface area (Å²) in [6.07, 6.45) is 1.50. The van der Waals surface area contributed by atoms with Gasteiger partial charge in [0.1, 0.15) is 0 Å². The molecule has 1 aromatic heterocycles. The number of amides is 2. The monoisotopic (exact) mass is 300 g/mol. The van der Waals surface area contributed by atoms with Crippen LogP contribution in [-0.4, -0.2) is 33.7 Å². The number of rotatable bonds is 2. The molecule has 1 aromatic carbocycles. The molecular formula is C13H9AsN2O2. The van der Waals surface area contributed by atoms with Gasteiger partial charge in [-0.3, -0.25) is 0 Å². The number of nitrogens with zero attached hydrogens (tertiary/aromatic N) is 1. The Morgan fingerprint density at radius 3 is 2.56 bits per heavy atom. The van der Waals surface area contributed by atoms with E-state index in [1.54, 1.807) is 36.4 Å². The van der Waals surface area contributed by atoms with Gasteiger partial charge in [0.2, 0.25) is 0 Å². The van der Waals surface area contributed by atoms with Gasteiger partial charge in [-0.05, 0) is 0 Å². The Morgan fingerprint density at radius 2 is 1.89 bits per heavy atom. The molecule has 1 heterocycles. The molecule has 2 radical (unpaired) electrons. The number of carbonyl (C=O) groups is 2. The van der Waals surface area contributed by atoms with Crippen LogP contribution in [0.4, 0.5) is 0 Å². The molecule has 2 rings (SSSR count). The van der Waals surface area contributed by atoms with Crippen molar-refractivity contribution in [2.75, 3.05) is 0 Å². The van der Waals surface area contributed by atoms with Crippen molar-refractivity contribution < 1.29 is 9.59 Å². The third-order valence-corrected chi connectivity index (χ3v) is 2.82. The molecule has 0 saturated carbocycles. The predicted octanol–water partition coefficient (Wildman–Crippen LogP) is 0.446. The molecule has 5 heteroatoms. The van der Waals surface area contributed by atoms with Gasteiger partial charge in [-0.25, -0.2) is 0 Å². The molecule has 2 amide bonds. The van der Waals surface area contributed by atoms with Gasteiger partial charge < -0.3 is 0 Å². The molecule has 0 unspecified atom stereocenters. The molecule has 0 atom stereocenters. The number of carbonyl (C=O) groups excluding carboxylic acids is 2. The van der Waals surface area contributed by atoms with Crippen LogP contribution < -0.4 is 9.67 Å². The maximum atomic E-state index is 11.8. The molecule has 2 aromatic rings. The van der Waals surface area contributed by atoms with Crippen LogP contribution in [0.2, 0.25) is 0 Å². The van der Waals surface area contributed by atoms with E-state index in [-0.39, 0.29) is 5.69 Å². The summed E-state index contributed by atoms with van der Waals surface area (Å²) in [6.45, 7) is 0. The van der Waals surface area contributed by atoms with Crippen LogP contribution in [0.5, 0.6) is 0 Å². The zero-order valence-electron chi connectivity index (χ0n) is 9.33. The predicted molar refractivity (Wildman–Crippen MR) is 67.9 cm³/mol. The molecule has 0 aliphatic rings. The Labute approximate surface area is 113 Å². The summed E-state index contributed by atoms with van der Waals surface area (Å²) >= 11 is 2.35. The molecule has 0 fully saturated rings. The second kappa shape index (κ2) is 5.60. The van der Waals surface area contributed by atoms with Gasteiger partial charge in [-0.2, -0.15) is 0 Å². The average Bonchev–Trinajstić information content (AvgIpc) is 2.39. The number of hydrogen-bond donors (Lipinski definition) is 1. The SMILES string of the molecule is O=C(NC(=O)c1ccccn1)c1cccc([As])c1. The minimum atomic E-state index is -0.503. The summed E-state index contributed by atoms with van der Waals surface area (Å²) < 4.78 is 0.903. The quantitative estimate of drug-likeness (QED) is 0.647. The Morgan fingerprint density at radius 1 is 1.06 bits per heavy atom. The summed E-state index contributed by atoms with van der Waals surface area (Å²) in [5.74, 6) is -0.935. The van der Waals surface area contributed by atoms with Gasteiger partial charge in [-0.15, -0.1) is 0 Å². The van der Waals surface area contributed by atoms with E-state index in [0.29, 0.717) is 5.56 Å². The van der Waals surface area contributed by atoms with E-state index in [1.165, 1.54) is 6.20 Å². The maximum absolute atomic E-state index is 11.8.